The number of methoxy groups -OCH3 is 2. The summed E-state index contributed by atoms with van der Waals surface area (Å²) in [6, 6.07) is 15.0. The number of anilines is 1. The molecule has 1 aromatic heterocycles. The first-order valence-corrected chi connectivity index (χ1v) is 12.5. The Kier molecular flexibility index (Phi) is 6.45. The van der Waals surface area contributed by atoms with Crippen LogP contribution in [0.1, 0.15) is 42.6 Å². The smallest absolute Gasteiger partial charge is 0.202 e. The monoisotopic (exact) mass is 484 g/mol. The number of rotatable bonds is 9. The number of hydrogen-bond donors (Lipinski definition) is 2. The minimum absolute atomic E-state index is 0.491. The van der Waals surface area contributed by atoms with Gasteiger partial charge < -0.3 is 20.1 Å². The van der Waals surface area contributed by atoms with Crippen LogP contribution < -0.4 is 20.1 Å². The molecule has 0 atom stereocenters. The summed E-state index contributed by atoms with van der Waals surface area (Å²) in [7, 11) is 3.37. The van der Waals surface area contributed by atoms with E-state index in [-0.39, 0.29) is 0 Å². The highest BCUT2D eigenvalue weighted by atomic mass is 35.5. The summed E-state index contributed by atoms with van der Waals surface area (Å²) in [6.07, 6.45) is 5.61. The number of nitrogens with zero attached hydrogens (tertiary/aromatic N) is 2. The molecule has 3 aromatic rings. The predicted octanol–water partition coefficient (Wildman–Crippen LogP) is 5.31. The van der Waals surface area contributed by atoms with E-state index in [4.69, 9.17) is 21.1 Å². The van der Waals surface area contributed by atoms with E-state index in [9.17, 15) is 0 Å². The van der Waals surface area contributed by atoms with E-state index in [1.54, 1.807) is 14.2 Å². The Labute approximate surface area is 203 Å². The van der Waals surface area contributed by atoms with Gasteiger partial charge in [0.15, 0.2) is 11.5 Å². The summed E-state index contributed by atoms with van der Waals surface area (Å²) in [5.74, 6) is 2.46. The van der Waals surface area contributed by atoms with Crippen LogP contribution in [-0.4, -0.2) is 35.7 Å². The van der Waals surface area contributed by atoms with Crippen molar-refractivity contribution in [3.8, 4) is 11.5 Å². The quantitative estimate of drug-likeness (QED) is 0.429. The minimum atomic E-state index is 0.491. The maximum atomic E-state index is 5.96. The molecule has 0 radical (unpaired) electrons. The summed E-state index contributed by atoms with van der Waals surface area (Å²) in [6.45, 7) is 0.796. The third kappa shape index (κ3) is 4.95. The minimum Gasteiger partial charge on any atom is -0.493 e. The number of ether oxygens (including phenoxy) is 2. The average Bonchev–Trinajstić information content (AvgIpc) is 3.21. The van der Waals surface area contributed by atoms with Gasteiger partial charge in [-0.05, 0) is 54.9 Å². The standard InChI is InChI=1S/C25H29ClN4O2S/c1-31-21-5-3-4-17(23(21)32-2)15-27-19-11-25(12-19)13-20(14-25)28-24-29-22(30-33-24)10-16-6-8-18(26)9-7-16/h3-9,19-20,27H,10-15H2,1-2H3,(H,28,29,30). The lowest BCUT2D eigenvalue weighted by Gasteiger charge is -2.58. The van der Waals surface area contributed by atoms with Gasteiger partial charge in [0.1, 0.15) is 5.82 Å². The lowest BCUT2D eigenvalue weighted by molar-refractivity contribution is -0.0126. The molecule has 1 spiro atoms. The first-order chi connectivity index (χ1) is 16.1. The Balaban J connectivity index is 1.05. The van der Waals surface area contributed by atoms with Crippen LogP contribution in [0.25, 0.3) is 0 Å². The Morgan fingerprint density at radius 2 is 1.79 bits per heavy atom. The van der Waals surface area contributed by atoms with Crippen LogP contribution in [0.4, 0.5) is 5.13 Å². The summed E-state index contributed by atoms with van der Waals surface area (Å²) < 4.78 is 15.5. The summed E-state index contributed by atoms with van der Waals surface area (Å²) in [5.41, 5.74) is 2.80. The van der Waals surface area contributed by atoms with Gasteiger partial charge in [-0.15, -0.1) is 0 Å². The molecule has 0 saturated heterocycles. The fraction of sp³-hybridized carbons (Fsp3) is 0.440. The second-order valence-electron chi connectivity index (χ2n) is 9.21. The van der Waals surface area contributed by atoms with Crippen molar-refractivity contribution in [1.82, 2.24) is 14.7 Å². The van der Waals surface area contributed by atoms with E-state index >= 15 is 0 Å². The van der Waals surface area contributed by atoms with Gasteiger partial charge in [0.25, 0.3) is 0 Å². The molecule has 2 saturated carbocycles. The van der Waals surface area contributed by atoms with Gasteiger partial charge in [-0.3, -0.25) is 0 Å². The number of halogens is 1. The predicted molar refractivity (Wildman–Crippen MR) is 133 cm³/mol. The van der Waals surface area contributed by atoms with Crippen molar-refractivity contribution in [1.29, 1.82) is 0 Å². The zero-order valence-electron chi connectivity index (χ0n) is 18.9. The number of aromatic nitrogens is 2. The summed E-state index contributed by atoms with van der Waals surface area (Å²) in [5, 5.41) is 8.96. The first-order valence-electron chi connectivity index (χ1n) is 11.3. The lowest BCUT2D eigenvalue weighted by Crippen LogP contribution is -2.58. The van der Waals surface area contributed by atoms with Crippen LogP contribution in [0.2, 0.25) is 5.02 Å². The van der Waals surface area contributed by atoms with Crippen molar-refractivity contribution >= 4 is 28.3 Å². The molecule has 8 heteroatoms. The van der Waals surface area contributed by atoms with E-state index in [0.29, 0.717) is 17.5 Å². The molecule has 0 amide bonds. The summed E-state index contributed by atoms with van der Waals surface area (Å²) >= 11 is 7.42. The van der Waals surface area contributed by atoms with Crippen LogP contribution in [0.15, 0.2) is 42.5 Å². The number of nitrogens with one attached hydrogen (secondary N) is 2. The van der Waals surface area contributed by atoms with E-state index in [1.807, 2.05) is 36.4 Å². The molecule has 0 bridgehead atoms. The van der Waals surface area contributed by atoms with Crippen molar-refractivity contribution < 1.29 is 9.47 Å². The molecule has 2 N–H and O–H groups in total. The van der Waals surface area contributed by atoms with Gasteiger partial charge in [0.2, 0.25) is 5.13 Å². The highest BCUT2D eigenvalue weighted by Crippen LogP contribution is 2.56. The summed E-state index contributed by atoms with van der Waals surface area (Å²) in [4.78, 5) is 4.68. The van der Waals surface area contributed by atoms with E-state index in [1.165, 1.54) is 42.8 Å². The third-order valence-electron chi connectivity index (χ3n) is 6.85. The number of benzene rings is 2. The SMILES string of the molecule is COc1cccc(CNC2CC3(C2)CC(Nc2nc(Cc4ccc(Cl)cc4)ns2)C3)c1OC. The maximum absolute atomic E-state index is 5.96. The normalized spacial score (nSPS) is 23.6. The van der Waals surface area contributed by atoms with E-state index in [0.717, 1.165) is 46.0 Å². The fourth-order valence-corrected chi connectivity index (χ4v) is 6.03. The highest BCUT2D eigenvalue weighted by Gasteiger charge is 2.52. The molecule has 5 rings (SSSR count). The molecule has 1 heterocycles. The number of para-hydroxylation sites is 1. The first kappa shape index (κ1) is 22.4. The van der Waals surface area contributed by atoms with E-state index < -0.39 is 0 Å². The van der Waals surface area contributed by atoms with E-state index in [2.05, 4.69) is 26.1 Å². The molecule has 2 aromatic carbocycles. The van der Waals surface area contributed by atoms with Crippen LogP contribution >= 0.6 is 23.1 Å². The van der Waals surface area contributed by atoms with Crippen molar-refractivity contribution in [3.05, 3.63) is 64.4 Å². The topological polar surface area (TPSA) is 68.3 Å². The molecule has 2 aliphatic carbocycles. The van der Waals surface area contributed by atoms with Gasteiger partial charge in [0.05, 0.1) is 14.2 Å². The molecular formula is C25H29ClN4O2S. The van der Waals surface area contributed by atoms with Gasteiger partial charge >= 0.3 is 0 Å². The zero-order chi connectivity index (χ0) is 22.8. The Morgan fingerprint density at radius 1 is 1.03 bits per heavy atom. The molecule has 0 unspecified atom stereocenters. The van der Waals surface area contributed by atoms with Crippen LogP contribution in [0.3, 0.4) is 0 Å². The Bertz CT molecular complexity index is 1090. The van der Waals surface area contributed by atoms with Gasteiger partial charge in [-0.2, -0.15) is 4.37 Å². The Hall–Kier alpha value is -2.35. The maximum Gasteiger partial charge on any atom is 0.202 e. The van der Waals surface area contributed by atoms with Gasteiger partial charge in [0, 0.05) is 47.2 Å². The van der Waals surface area contributed by atoms with Crippen LogP contribution in [-0.2, 0) is 13.0 Å². The molecule has 2 fully saturated rings. The largest absolute Gasteiger partial charge is 0.493 e. The molecular weight excluding hydrogens is 456 g/mol. The molecule has 33 heavy (non-hydrogen) atoms. The second-order valence-corrected chi connectivity index (χ2v) is 10.4. The lowest BCUT2D eigenvalue weighted by atomic mass is 9.52. The molecule has 6 nitrogen and oxygen atoms in total. The highest BCUT2D eigenvalue weighted by molar-refractivity contribution is 7.09. The van der Waals surface area contributed by atoms with Crippen LogP contribution in [0, 0.1) is 5.41 Å². The fourth-order valence-electron chi connectivity index (χ4n) is 5.24. The van der Waals surface area contributed by atoms with Crippen molar-refractivity contribution in [3.63, 3.8) is 0 Å². The molecule has 2 aliphatic rings. The number of hydrogen-bond acceptors (Lipinski definition) is 7. The zero-order valence-corrected chi connectivity index (χ0v) is 20.5. The molecule has 0 aliphatic heterocycles. The Morgan fingerprint density at radius 3 is 2.52 bits per heavy atom. The average molecular weight is 485 g/mol. The third-order valence-corrected chi connectivity index (χ3v) is 7.79. The second kappa shape index (κ2) is 9.49. The van der Waals surface area contributed by atoms with Gasteiger partial charge in [-0.1, -0.05) is 35.9 Å². The van der Waals surface area contributed by atoms with Crippen LogP contribution in [0.5, 0.6) is 11.5 Å². The van der Waals surface area contributed by atoms with Gasteiger partial charge in [-0.25, -0.2) is 4.98 Å². The van der Waals surface area contributed by atoms with Crippen molar-refractivity contribution in [2.24, 2.45) is 5.41 Å². The van der Waals surface area contributed by atoms with Crippen molar-refractivity contribution in [2.45, 2.75) is 50.7 Å². The molecule has 174 valence electrons. The van der Waals surface area contributed by atoms with Crippen molar-refractivity contribution in [2.75, 3.05) is 19.5 Å².